The molecular weight excluding hydrogens is 781 g/mol. The van der Waals surface area contributed by atoms with Gasteiger partial charge < -0.3 is 14.2 Å². The molecule has 0 aromatic heterocycles. The van der Waals surface area contributed by atoms with Gasteiger partial charge in [-0.15, -0.1) is 0 Å². The quantitative estimate of drug-likeness (QED) is 0.0199. The maximum Gasteiger partial charge on any atom is 0.306 e. The molecule has 0 N–H and O–H groups in total. The van der Waals surface area contributed by atoms with Crippen molar-refractivity contribution in [1.82, 2.24) is 0 Å². The number of allylic oxidation sites excluding steroid dienone is 12. The van der Waals surface area contributed by atoms with Crippen LogP contribution in [0.1, 0.15) is 252 Å². The number of rotatable bonds is 47. The Labute approximate surface area is 389 Å². The zero-order chi connectivity index (χ0) is 45.8. The van der Waals surface area contributed by atoms with Gasteiger partial charge in [0.25, 0.3) is 0 Å². The predicted octanol–water partition coefficient (Wildman–Crippen LogP) is 17.4. The zero-order valence-electron chi connectivity index (χ0n) is 41.3. The lowest BCUT2D eigenvalue weighted by Crippen LogP contribution is -2.30. The standard InChI is InChI=1S/C57H98O6/c1-4-7-10-13-16-19-22-25-28-31-34-37-40-43-46-49-55(58)61-52-54(63-57(60)51-48-45-42-39-36-33-30-27-24-21-18-15-12-9-6-3)53-62-56(59)50-47-44-41-38-35-32-29-26-23-20-17-14-11-8-5-2/h7,10,16,18-19,21-22,25-27,29-30,54H,4-6,8-9,11-15,17,20,23-24,28,31-53H2,1-3H3/b10-7-,19-16-,21-18-,25-22+,29-26-,30-27-. The van der Waals surface area contributed by atoms with E-state index in [9.17, 15) is 14.4 Å². The second-order valence-corrected chi connectivity index (χ2v) is 17.4. The van der Waals surface area contributed by atoms with Crippen molar-refractivity contribution >= 4 is 17.9 Å². The minimum atomic E-state index is -0.792. The Morgan fingerprint density at radius 2 is 0.683 bits per heavy atom. The van der Waals surface area contributed by atoms with Crippen molar-refractivity contribution in [3.05, 3.63) is 72.9 Å². The number of hydrogen-bond donors (Lipinski definition) is 0. The molecular formula is C57H98O6. The topological polar surface area (TPSA) is 78.9 Å². The highest BCUT2D eigenvalue weighted by Gasteiger charge is 2.19. The van der Waals surface area contributed by atoms with Gasteiger partial charge in [-0.2, -0.15) is 0 Å². The Morgan fingerprint density at radius 3 is 1.16 bits per heavy atom. The van der Waals surface area contributed by atoms with Gasteiger partial charge in [0.05, 0.1) is 0 Å². The number of carbonyl (C=O) groups excluding carboxylic acids is 3. The first-order valence-corrected chi connectivity index (χ1v) is 26.5. The molecule has 6 heteroatoms. The summed E-state index contributed by atoms with van der Waals surface area (Å²) in [5, 5.41) is 0. The third-order valence-corrected chi connectivity index (χ3v) is 11.2. The monoisotopic (exact) mass is 879 g/mol. The fraction of sp³-hybridized carbons (Fsp3) is 0.737. The highest BCUT2D eigenvalue weighted by atomic mass is 16.6. The van der Waals surface area contributed by atoms with Gasteiger partial charge in [0, 0.05) is 19.3 Å². The molecule has 6 nitrogen and oxygen atoms in total. The lowest BCUT2D eigenvalue weighted by atomic mass is 10.1. The smallest absolute Gasteiger partial charge is 0.306 e. The Kier molecular flexibility index (Phi) is 48.9. The third kappa shape index (κ3) is 49.7. The summed E-state index contributed by atoms with van der Waals surface area (Å²) >= 11 is 0. The van der Waals surface area contributed by atoms with E-state index in [1.165, 1.54) is 96.3 Å². The minimum absolute atomic E-state index is 0.0904. The van der Waals surface area contributed by atoms with Crippen LogP contribution in [0.2, 0.25) is 0 Å². The van der Waals surface area contributed by atoms with Crippen LogP contribution in [0, 0.1) is 0 Å². The van der Waals surface area contributed by atoms with E-state index in [2.05, 4.69) is 93.7 Å². The lowest BCUT2D eigenvalue weighted by Gasteiger charge is -2.18. The van der Waals surface area contributed by atoms with Crippen LogP contribution in [0.3, 0.4) is 0 Å². The Balaban J connectivity index is 4.44. The summed E-state index contributed by atoms with van der Waals surface area (Å²) in [6.45, 7) is 6.46. The van der Waals surface area contributed by atoms with E-state index in [4.69, 9.17) is 14.2 Å². The number of esters is 3. The van der Waals surface area contributed by atoms with Gasteiger partial charge in [0.2, 0.25) is 0 Å². The van der Waals surface area contributed by atoms with Crippen LogP contribution in [-0.2, 0) is 28.6 Å². The molecule has 0 bridgehead atoms. The molecule has 0 amide bonds. The van der Waals surface area contributed by atoms with Gasteiger partial charge >= 0.3 is 17.9 Å². The molecule has 0 heterocycles. The van der Waals surface area contributed by atoms with Gasteiger partial charge in [0.1, 0.15) is 13.2 Å². The summed E-state index contributed by atoms with van der Waals surface area (Å²) in [6.07, 6.45) is 64.5. The summed E-state index contributed by atoms with van der Waals surface area (Å²) in [5.74, 6) is -0.924. The fourth-order valence-corrected chi connectivity index (χ4v) is 7.21. The summed E-state index contributed by atoms with van der Waals surface area (Å²) in [5.41, 5.74) is 0. The highest BCUT2D eigenvalue weighted by molar-refractivity contribution is 5.71. The van der Waals surface area contributed by atoms with Crippen molar-refractivity contribution < 1.29 is 28.6 Å². The average Bonchev–Trinajstić information content (AvgIpc) is 3.28. The molecule has 0 fully saturated rings. The second kappa shape index (κ2) is 51.5. The van der Waals surface area contributed by atoms with Crippen molar-refractivity contribution in [3.63, 3.8) is 0 Å². The molecule has 63 heavy (non-hydrogen) atoms. The van der Waals surface area contributed by atoms with Crippen molar-refractivity contribution in [2.24, 2.45) is 0 Å². The lowest BCUT2D eigenvalue weighted by molar-refractivity contribution is -0.167. The fourth-order valence-electron chi connectivity index (χ4n) is 7.21. The van der Waals surface area contributed by atoms with Crippen LogP contribution in [-0.4, -0.2) is 37.2 Å². The van der Waals surface area contributed by atoms with E-state index in [1.54, 1.807) is 0 Å². The van der Waals surface area contributed by atoms with Crippen LogP contribution in [0.4, 0.5) is 0 Å². The van der Waals surface area contributed by atoms with Crippen LogP contribution < -0.4 is 0 Å². The first-order chi connectivity index (χ1) is 31.0. The first-order valence-electron chi connectivity index (χ1n) is 26.5. The zero-order valence-corrected chi connectivity index (χ0v) is 41.3. The van der Waals surface area contributed by atoms with Crippen molar-refractivity contribution in [3.8, 4) is 0 Å². The molecule has 1 atom stereocenters. The van der Waals surface area contributed by atoms with E-state index < -0.39 is 6.10 Å². The van der Waals surface area contributed by atoms with E-state index in [-0.39, 0.29) is 31.1 Å². The van der Waals surface area contributed by atoms with Gasteiger partial charge in [-0.25, -0.2) is 0 Å². The van der Waals surface area contributed by atoms with Crippen LogP contribution in [0.5, 0.6) is 0 Å². The van der Waals surface area contributed by atoms with E-state index in [0.717, 1.165) is 116 Å². The number of unbranched alkanes of at least 4 members (excludes halogenated alkanes) is 25. The first kappa shape index (κ1) is 59.9. The molecule has 362 valence electrons. The van der Waals surface area contributed by atoms with Crippen LogP contribution >= 0.6 is 0 Å². The molecule has 0 saturated heterocycles. The Morgan fingerprint density at radius 1 is 0.349 bits per heavy atom. The maximum atomic E-state index is 12.8. The number of hydrogen-bond acceptors (Lipinski definition) is 6. The largest absolute Gasteiger partial charge is 0.462 e. The average molecular weight is 879 g/mol. The molecule has 0 saturated carbocycles. The summed E-state index contributed by atoms with van der Waals surface area (Å²) < 4.78 is 16.8. The van der Waals surface area contributed by atoms with Crippen LogP contribution in [0.15, 0.2) is 72.9 Å². The van der Waals surface area contributed by atoms with Crippen molar-refractivity contribution in [2.45, 2.75) is 258 Å². The van der Waals surface area contributed by atoms with Gasteiger partial charge in [-0.3, -0.25) is 14.4 Å². The molecule has 1 unspecified atom stereocenters. The van der Waals surface area contributed by atoms with E-state index in [1.807, 2.05) is 0 Å². The van der Waals surface area contributed by atoms with Gasteiger partial charge in [-0.1, -0.05) is 203 Å². The normalized spacial score (nSPS) is 12.6. The molecule has 0 radical (unpaired) electrons. The minimum Gasteiger partial charge on any atom is -0.462 e. The number of carbonyl (C=O) groups is 3. The van der Waals surface area contributed by atoms with E-state index in [0.29, 0.717) is 19.3 Å². The molecule has 0 aromatic carbocycles. The van der Waals surface area contributed by atoms with Gasteiger partial charge in [-0.05, 0) is 103 Å². The van der Waals surface area contributed by atoms with E-state index >= 15 is 0 Å². The van der Waals surface area contributed by atoms with Crippen molar-refractivity contribution in [1.29, 1.82) is 0 Å². The molecule has 0 aromatic rings. The molecule has 0 aliphatic heterocycles. The summed E-state index contributed by atoms with van der Waals surface area (Å²) in [7, 11) is 0. The van der Waals surface area contributed by atoms with Crippen LogP contribution in [0.25, 0.3) is 0 Å². The number of ether oxygens (including phenoxy) is 3. The molecule has 0 aliphatic carbocycles. The third-order valence-electron chi connectivity index (χ3n) is 11.2. The highest BCUT2D eigenvalue weighted by Crippen LogP contribution is 2.14. The Bertz CT molecular complexity index is 1190. The Hall–Kier alpha value is -3.15. The summed E-state index contributed by atoms with van der Waals surface area (Å²) in [6, 6.07) is 0. The van der Waals surface area contributed by atoms with Gasteiger partial charge in [0.15, 0.2) is 6.10 Å². The SMILES string of the molecule is CC/C=C\C/C=C\C=C\CCCCCCCCC(=O)OCC(COC(=O)CCCCCCC/C=C\CCCCCCCC)OC(=O)CCCCCCC/C=C\C/C=C\CCCCC. The molecule has 0 aliphatic rings. The van der Waals surface area contributed by atoms with Crippen molar-refractivity contribution in [2.75, 3.05) is 13.2 Å². The molecule has 0 spiro atoms. The maximum absolute atomic E-state index is 12.8. The second-order valence-electron chi connectivity index (χ2n) is 17.4. The predicted molar refractivity (Wildman–Crippen MR) is 270 cm³/mol. The molecule has 0 rings (SSSR count). The summed E-state index contributed by atoms with van der Waals surface area (Å²) in [4.78, 5) is 38.0.